The number of hydrogen-bond donors (Lipinski definition) is 0. The molecule has 14 heteroatoms. The van der Waals surface area contributed by atoms with Gasteiger partial charge in [0.05, 0.1) is 17.3 Å². The average Bonchev–Trinajstić information content (AvgIpc) is 3.86. The molecule has 2 saturated heterocycles. The maximum absolute atomic E-state index is 12.6. The molecule has 0 aliphatic carbocycles. The van der Waals surface area contributed by atoms with Crippen LogP contribution in [-0.2, 0) is 28.4 Å². The minimum atomic E-state index is -1.16. The van der Waals surface area contributed by atoms with Crippen molar-refractivity contribution < 1.29 is 14.2 Å². The molecule has 7 rings (SSSR count). The summed E-state index contributed by atoms with van der Waals surface area (Å²) >= 11 is 12.7. The highest BCUT2D eigenvalue weighted by molar-refractivity contribution is 6.35. The Morgan fingerprint density at radius 3 is 2.23 bits per heavy atom. The lowest BCUT2D eigenvalue weighted by molar-refractivity contribution is -0.190. The monoisotopic (exact) mass is 690 g/mol. The van der Waals surface area contributed by atoms with E-state index in [-0.39, 0.29) is 18.3 Å². The molecule has 1 unspecified atom stereocenters. The molecule has 3 aromatic carbocycles. The number of benzene rings is 3. The summed E-state index contributed by atoms with van der Waals surface area (Å²) in [6.07, 6.45) is 5.19. The van der Waals surface area contributed by atoms with Gasteiger partial charge in [-0.1, -0.05) is 36.2 Å². The van der Waals surface area contributed by atoms with Crippen molar-refractivity contribution in [3.8, 4) is 11.4 Å². The van der Waals surface area contributed by atoms with Crippen LogP contribution in [0, 0.1) is 0 Å². The number of ether oxygens (including phenoxy) is 3. The van der Waals surface area contributed by atoms with Crippen LogP contribution >= 0.6 is 23.2 Å². The minimum Gasteiger partial charge on any atom is -0.491 e. The number of nitrogens with zero attached hydrogens (tertiary/aromatic N) is 8. The second kappa shape index (κ2) is 14.0. The first-order valence-corrected chi connectivity index (χ1v) is 16.7. The van der Waals surface area contributed by atoms with Gasteiger partial charge in [-0.3, -0.25) is 0 Å². The second-order valence-corrected chi connectivity index (χ2v) is 12.7. The van der Waals surface area contributed by atoms with Gasteiger partial charge in [0.2, 0.25) is 5.79 Å². The third-order valence-corrected chi connectivity index (χ3v) is 9.16. The Kier molecular flexibility index (Phi) is 9.40. The Bertz CT molecular complexity index is 1870. The molecule has 48 heavy (non-hydrogen) atoms. The van der Waals surface area contributed by atoms with Gasteiger partial charge in [0.1, 0.15) is 44.0 Å². The van der Waals surface area contributed by atoms with Crippen LogP contribution in [0.4, 0.5) is 11.4 Å². The van der Waals surface area contributed by atoms with Gasteiger partial charge >= 0.3 is 5.69 Å². The fourth-order valence-electron chi connectivity index (χ4n) is 6.15. The molecule has 12 nitrogen and oxygen atoms in total. The molecule has 2 aliphatic heterocycles. The smallest absolute Gasteiger partial charge is 0.350 e. The second-order valence-electron chi connectivity index (χ2n) is 11.8. The fraction of sp³-hybridized carbons (Fsp3) is 0.353. The van der Waals surface area contributed by atoms with Gasteiger partial charge in [-0.25, -0.2) is 23.7 Å². The molecule has 5 aromatic rings. The number of aromatic nitrogens is 6. The summed E-state index contributed by atoms with van der Waals surface area (Å²) in [6.45, 7) is 7.09. The molecule has 2 fully saturated rings. The summed E-state index contributed by atoms with van der Waals surface area (Å²) in [5.74, 6) is -0.409. The average molecular weight is 692 g/mol. The van der Waals surface area contributed by atoms with Crippen LogP contribution in [0.25, 0.3) is 5.69 Å². The zero-order chi connectivity index (χ0) is 33.1. The molecule has 0 spiro atoms. The number of hydrogen-bond acceptors (Lipinski definition) is 9. The zero-order valence-electron chi connectivity index (χ0n) is 26.5. The Balaban J connectivity index is 0.925. The van der Waals surface area contributed by atoms with E-state index in [1.54, 1.807) is 34.0 Å². The van der Waals surface area contributed by atoms with Crippen molar-refractivity contribution in [2.75, 3.05) is 49.2 Å². The molecule has 2 aliphatic rings. The van der Waals surface area contributed by atoms with Crippen LogP contribution < -0.4 is 20.2 Å². The van der Waals surface area contributed by atoms with Crippen LogP contribution in [0.3, 0.4) is 0 Å². The zero-order valence-corrected chi connectivity index (χ0v) is 28.0. The third kappa shape index (κ3) is 6.79. The Hall–Kier alpha value is -4.36. The predicted molar refractivity (Wildman–Crippen MR) is 183 cm³/mol. The van der Waals surface area contributed by atoms with Crippen LogP contribution in [0.15, 0.2) is 90.5 Å². The summed E-state index contributed by atoms with van der Waals surface area (Å²) < 4.78 is 23.6. The van der Waals surface area contributed by atoms with Crippen LogP contribution in [-0.4, -0.2) is 74.6 Å². The highest BCUT2D eigenvalue weighted by Gasteiger charge is 2.45. The van der Waals surface area contributed by atoms with Crippen molar-refractivity contribution in [3.05, 3.63) is 112 Å². The number of halogens is 2. The molecule has 0 N–H and O–H groups in total. The summed E-state index contributed by atoms with van der Waals surface area (Å²) in [6, 6.07) is 21.5. The molecule has 0 saturated carbocycles. The van der Waals surface area contributed by atoms with Gasteiger partial charge in [0, 0.05) is 54.7 Å². The summed E-state index contributed by atoms with van der Waals surface area (Å²) in [4.78, 5) is 21.4. The molecule has 0 bridgehead atoms. The van der Waals surface area contributed by atoms with Crippen molar-refractivity contribution >= 4 is 34.6 Å². The van der Waals surface area contributed by atoms with E-state index >= 15 is 0 Å². The number of rotatable bonds is 11. The normalized spacial score (nSPS) is 19.6. The largest absolute Gasteiger partial charge is 0.491 e. The summed E-state index contributed by atoms with van der Waals surface area (Å²) in [5.41, 5.74) is 3.65. The first-order valence-electron chi connectivity index (χ1n) is 16.0. The van der Waals surface area contributed by atoms with Crippen molar-refractivity contribution in [2.24, 2.45) is 0 Å². The van der Waals surface area contributed by atoms with Crippen LogP contribution in [0.5, 0.6) is 5.75 Å². The van der Waals surface area contributed by atoms with E-state index in [0.29, 0.717) is 35.4 Å². The van der Waals surface area contributed by atoms with E-state index in [4.69, 9.17) is 37.4 Å². The van der Waals surface area contributed by atoms with E-state index in [1.807, 2.05) is 37.3 Å². The predicted octanol–water partition coefficient (Wildman–Crippen LogP) is 5.02. The number of aryl methyl sites for hydroxylation is 1. The fourth-order valence-corrected chi connectivity index (χ4v) is 6.70. The standard InChI is InChI=1S/C34H36Cl2N8O4/c1-2-13-44-33(45)43(24-39-44)28-6-4-26(5-7-28)40-14-16-41(17-15-40)27-8-10-29(11-9-27)46-19-30-20-47-34(48-30,21-42-23-37-22-38-42)31-12-3-25(35)18-32(31)36/h3-12,18,22-24,30H,2,13-17,19-21H2,1H3/t30-,34?/m1/s1. The Morgan fingerprint density at radius 2 is 1.58 bits per heavy atom. The van der Waals surface area contributed by atoms with E-state index in [2.05, 4.69) is 49.2 Å². The highest BCUT2D eigenvalue weighted by Crippen LogP contribution is 2.40. The Labute approximate surface area is 288 Å². The molecular weight excluding hydrogens is 655 g/mol. The van der Waals surface area contributed by atoms with Crippen molar-refractivity contribution in [1.29, 1.82) is 0 Å². The third-order valence-electron chi connectivity index (χ3n) is 8.62. The molecular formula is C34H36Cl2N8O4. The summed E-state index contributed by atoms with van der Waals surface area (Å²) in [7, 11) is 0. The molecule has 250 valence electrons. The lowest BCUT2D eigenvalue weighted by Gasteiger charge is -2.37. The van der Waals surface area contributed by atoms with Crippen molar-refractivity contribution in [1.82, 2.24) is 29.1 Å². The number of piperazine rings is 1. The first kappa shape index (κ1) is 32.2. The lowest BCUT2D eigenvalue weighted by Crippen LogP contribution is -2.46. The van der Waals surface area contributed by atoms with E-state index in [1.165, 1.54) is 11.0 Å². The van der Waals surface area contributed by atoms with E-state index in [0.717, 1.165) is 55.4 Å². The molecule has 2 aromatic heterocycles. The lowest BCUT2D eigenvalue weighted by atomic mass is 10.1. The number of anilines is 2. The molecule has 2 atom stereocenters. The van der Waals surface area contributed by atoms with E-state index in [9.17, 15) is 4.79 Å². The molecule has 0 amide bonds. The molecule has 0 radical (unpaired) electrons. The maximum Gasteiger partial charge on any atom is 0.350 e. The van der Waals surface area contributed by atoms with Crippen LogP contribution in [0.1, 0.15) is 18.9 Å². The SMILES string of the molecule is CCCn1ncn(-c2ccc(N3CCN(c4ccc(OC[C@@H]5COC(Cn6cncn6)(c6ccc(Cl)cc6Cl)O5)cc4)CC3)cc2)c1=O. The van der Waals surface area contributed by atoms with Gasteiger partial charge in [0.15, 0.2) is 0 Å². The van der Waals surface area contributed by atoms with Gasteiger partial charge < -0.3 is 24.0 Å². The topological polar surface area (TPSA) is 105 Å². The minimum absolute atomic E-state index is 0.114. The van der Waals surface area contributed by atoms with Crippen LogP contribution in [0.2, 0.25) is 10.0 Å². The van der Waals surface area contributed by atoms with Gasteiger partial charge in [-0.05, 0) is 67.1 Å². The quantitative estimate of drug-likeness (QED) is 0.189. The van der Waals surface area contributed by atoms with Gasteiger partial charge in [-0.2, -0.15) is 10.2 Å². The highest BCUT2D eigenvalue weighted by atomic mass is 35.5. The molecule has 4 heterocycles. The van der Waals surface area contributed by atoms with Crippen molar-refractivity contribution in [2.45, 2.75) is 38.3 Å². The van der Waals surface area contributed by atoms with Gasteiger partial charge in [-0.15, -0.1) is 0 Å². The van der Waals surface area contributed by atoms with Gasteiger partial charge in [0.25, 0.3) is 0 Å². The summed E-state index contributed by atoms with van der Waals surface area (Å²) in [5, 5.41) is 9.42. The first-order chi connectivity index (χ1) is 23.4. The van der Waals surface area contributed by atoms with E-state index < -0.39 is 5.79 Å². The maximum atomic E-state index is 12.6. The van der Waals surface area contributed by atoms with Crippen molar-refractivity contribution in [3.63, 3.8) is 0 Å². The Morgan fingerprint density at radius 1 is 0.896 bits per heavy atom.